The summed E-state index contributed by atoms with van der Waals surface area (Å²) in [5.41, 5.74) is 3.80. The summed E-state index contributed by atoms with van der Waals surface area (Å²) in [5.74, 6) is 1.03. The van der Waals surface area contributed by atoms with Gasteiger partial charge in [-0.3, -0.25) is 9.97 Å². The molecule has 0 radical (unpaired) electrons. The van der Waals surface area contributed by atoms with Crippen molar-refractivity contribution in [1.29, 1.82) is 0 Å². The van der Waals surface area contributed by atoms with Gasteiger partial charge in [0.1, 0.15) is 11.7 Å². The van der Waals surface area contributed by atoms with Crippen molar-refractivity contribution < 1.29 is 32.5 Å². The van der Waals surface area contributed by atoms with Crippen LogP contribution in [0.3, 0.4) is 0 Å². The number of ether oxygens (including phenoxy) is 3. The highest BCUT2D eigenvalue weighted by atomic mass is 19.4. The molecule has 2 aliphatic carbocycles. The third-order valence-electron chi connectivity index (χ3n) is 10.9. The lowest BCUT2D eigenvalue weighted by atomic mass is 9.58. The van der Waals surface area contributed by atoms with Crippen LogP contribution in [0, 0.1) is 17.3 Å². The summed E-state index contributed by atoms with van der Waals surface area (Å²) in [6, 6.07) is 2.52. The Balaban J connectivity index is 0.000000637. The number of alkyl halides is 3. The van der Waals surface area contributed by atoms with Gasteiger partial charge in [-0.1, -0.05) is 40.5 Å². The van der Waals surface area contributed by atoms with E-state index in [0.29, 0.717) is 38.5 Å². The Labute approximate surface area is 259 Å². The van der Waals surface area contributed by atoms with E-state index in [4.69, 9.17) is 19.2 Å². The van der Waals surface area contributed by atoms with Gasteiger partial charge in [0.25, 0.3) is 0 Å². The second-order valence-electron chi connectivity index (χ2n) is 14.2. The zero-order valence-corrected chi connectivity index (χ0v) is 26.5. The number of rotatable bonds is 3. The van der Waals surface area contributed by atoms with Crippen molar-refractivity contribution in [1.82, 2.24) is 9.97 Å². The maximum atomic E-state index is 13.4. The number of hydrogen-bond acceptors (Lipinski definition) is 6. The average molecular weight is 617 g/mol. The molecular weight excluding hydrogens is 569 g/mol. The predicted molar refractivity (Wildman–Crippen MR) is 160 cm³/mol. The third kappa shape index (κ3) is 5.71. The lowest BCUT2D eigenvalue weighted by molar-refractivity contribution is -0.158. The van der Waals surface area contributed by atoms with Gasteiger partial charge >= 0.3 is 6.18 Å². The van der Waals surface area contributed by atoms with E-state index in [-0.39, 0.29) is 17.3 Å². The molecule has 3 fully saturated rings. The first-order valence-electron chi connectivity index (χ1n) is 16.6. The molecule has 5 heterocycles. The van der Waals surface area contributed by atoms with E-state index in [2.05, 4.69) is 32.7 Å². The number of aliphatic hydroxyl groups is 1. The fourth-order valence-electron chi connectivity index (χ4n) is 7.85. The molecule has 0 amide bonds. The number of hydrogen-bond donors (Lipinski definition) is 1. The number of aromatic nitrogens is 2. The van der Waals surface area contributed by atoms with Gasteiger partial charge in [0.05, 0.1) is 29.7 Å². The Morgan fingerprint density at radius 1 is 1.05 bits per heavy atom. The highest BCUT2D eigenvalue weighted by Crippen LogP contribution is 2.61. The molecular formula is C35H47F3N2O4. The summed E-state index contributed by atoms with van der Waals surface area (Å²) in [6.07, 6.45) is 3.66. The molecule has 7 rings (SSSR count). The molecule has 2 saturated heterocycles. The van der Waals surface area contributed by atoms with Crippen LogP contribution >= 0.6 is 0 Å². The Kier molecular flexibility index (Phi) is 8.89. The van der Waals surface area contributed by atoms with E-state index in [1.165, 1.54) is 18.9 Å². The molecule has 242 valence electrons. The van der Waals surface area contributed by atoms with Crippen LogP contribution in [0.2, 0.25) is 0 Å². The minimum absolute atomic E-state index is 0.00900. The van der Waals surface area contributed by atoms with E-state index >= 15 is 0 Å². The van der Waals surface area contributed by atoms with Gasteiger partial charge < -0.3 is 19.3 Å². The van der Waals surface area contributed by atoms with Crippen molar-refractivity contribution in [3.63, 3.8) is 0 Å². The molecule has 3 aliphatic heterocycles. The molecule has 5 aliphatic rings. The second kappa shape index (κ2) is 12.3. The maximum absolute atomic E-state index is 13.4. The van der Waals surface area contributed by atoms with Crippen molar-refractivity contribution in [3.8, 4) is 0 Å². The van der Waals surface area contributed by atoms with Gasteiger partial charge in [0.15, 0.2) is 0 Å². The van der Waals surface area contributed by atoms with Crippen molar-refractivity contribution in [2.75, 3.05) is 26.4 Å². The van der Waals surface area contributed by atoms with Crippen LogP contribution in [-0.4, -0.2) is 41.5 Å². The van der Waals surface area contributed by atoms with Crippen molar-refractivity contribution in [3.05, 3.63) is 57.7 Å². The SMILES string of the molecule is CC1COCCC12OC(c1ccc(C(F)(F)F)cn1)c1c(C3CCOCC3)nc3c(c12)C(O)CC1(CCC1)C3.CCC(C)C. The Bertz CT molecular complexity index is 1320. The maximum Gasteiger partial charge on any atom is 0.417 e. The molecule has 6 nitrogen and oxygen atoms in total. The minimum atomic E-state index is -4.47. The molecule has 0 bridgehead atoms. The zero-order chi connectivity index (χ0) is 31.3. The Morgan fingerprint density at radius 3 is 2.34 bits per heavy atom. The molecule has 1 saturated carbocycles. The van der Waals surface area contributed by atoms with Crippen LogP contribution in [-0.2, 0) is 32.4 Å². The van der Waals surface area contributed by atoms with E-state index in [1.807, 2.05) is 0 Å². The van der Waals surface area contributed by atoms with E-state index in [9.17, 15) is 18.3 Å². The lowest BCUT2D eigenvalue weighted by Crippen LogP contribution is -2.44. The molecule has 2 aromatic heterocycles. The largest absolute Gasteiger partial charge is 0.417 e. The average Bonchev–Trinajstić information content (AvgIpc) is 3.33. The van der Waals surface area contributed by atoms with Gasteiger partial charge in [0.2, 0.25) is 0 Å². The minimum Gasteiger partial charge on any atom is -0.388 e. The Hall–Kier alpha value is -2.07. The summed E-state index contributed by atoms with van der Waals surface area (Å²) in [7, 11) is 0. The fraction of sp³-hybridized carbons (Fsp3) is 0.714. The first-order valence-corrected chi connectivity index (χ1v) is 16.6. The van der Waals surface area contributed by atoms with Crippen LogP contribution in [0.4, 0.5) is 13.2 Å². The lowest BCUT2D eigenvalue weighted by Gasteiger charge is -2.48. The summed E-state index contributed by atoms with van der Waals surface area (Å²) >= 11 is 0. The smallest absolute Gasteiger partial charge is 0.388 e. The van der Waals surface area contributed by atoms with Gasteiger partial charge in [0, 0.05) is 61.1 Å². The molecule has 9 heteroatoms. The predicted octanol–water partition coefficient (Wildman–Crippen LogP) is 7.96. The van der Waals surface area contributed by atoms with Gasteiger partial charge in [-0.05, 0) is 67.6 Å². The summed E-state index contributed by atoms with van der Waals surface area (Å²) in [6.45, 7) is 11.1. The molecule has 1 N–H and O–H groups in total. The highest BCUT2D eigenvalue weighted by Gasteiger charge is 2.56. The third-order valence-corrected chi connectivity index (χ3v) is 10.9. The van der Waals surface area contributed by atoms with Crippen molar-refractivity contribution in [2.24, 2.45) is 17.3 Å². The molecule has 2 spiro atoms. The number of fused-ring (bicyclic) bond motifs is 4. The van der Waals surface area contributed by atoms with Crippen molar-refractivity contribution >= 4 is 0 Å². The monoisotopic (exact) mass is 616 g/mol. The number of aliphatic hydroxyl groups excluding tert-OH is 1. The zero-order valence-electron chi connectivity index (χ0n) is 26.5. The fourth-order valence-corrected chi connectivity index (χ4v) is 7.85. The van der Waals surface area contributed by atoms with Crippen LogP contribution in [0.1, 0.15) is 137 Å². The van der Waals surface area contributed by atoms with Gasteiger partial charge in [-0.15, -0.1) is 0 Å². The molecule has 4 atom stereocenters. The molecule has 44 heavy (non-hydrogen) atoms. The van der Waals surface area contributed by atoms with Crippen LogP contribution in [0.25, 0.3) is 0 Å². The first-order chi connectivity index (χ1) is 21.0. The van der Waals surface area contributed by atoms with Gasteiger partial charge in [-0.2, -0.15) is 13.2 Å². The first kappa shape index (κ1) is 31.9. The van der Waals surface area contributed by atoms with Crippen LogP contribution in [0.15, 0.2) is 18.3 Å². The Morgan fingerprint density at radius 2 is 1.77 bits per heavy atom. The highest BCUT2D eigenvalue weighted by molar-refractivity contribution is 5.54. The molecule has 2 aromatic rings. The summed E-state index contributed by atoms with van der Waals surface area (Å²) in [4.78, 5) is 9.64. The number of nitrogens with zero attached hydrogens (tertiary/aromatic N) is 2. The molecule has 0 aromatic carbocycles. The summed E-state index contributed by atoms with van der Waals surface area (Å²) in [5, 5.41) is 11.7. The van der Waals surface area contributed by atoms with Gasteiger partial charge in [-0.25, -0.2) is 0 Å². The van der Waals surface area contributed by atoms with Crippen LogP contribution in [0.5, 0.6) is 0 Å². The quantitative estimate of drug-likeness (QED) is 0.377. The number of pyridine rings is 2. The van der Waals surface area contributed by atoms with Crippen LogP contribution < -0.4 is 0 Å². The van der Waals surface area contributed by atoms with E-state index < -0.39 is 29.5 Å². The van der Waals surface area contributed by atoms with Crippen molar-refractivity contribution in [2.45, 2.75) is 115 Å². The topological polar surface area (TPSA) is 73.7 Å². The normalized spacial score (nSPS) is 29.6. The summed E-state index contributed by atoms with van der Waals surface area (Å²) < 4.78 is 58.7. The standard InChI is InChI=1S/C30H35F3N2O4.C5H12/c1-17-16-38-12-9-29(17)25-23-21(13-28(7-2-8-28)14-22(23)36)35-26(18-5-10-37-11-6-18)24(25)27(39-29)20-4-3-19(15-34-20)30(31,32)33;1-4-5(2)3/h3-4,15,17-18,22,27,36H,2,5-14,16H2,1H3;5H,4H2,1-3H3. The van der Waals surface area contributed by atoms with E-state index in [0.717, 1.165) is 84.8 Å². The van der Waals surface area contributed by atoms with E-state index in [1.54, 1.807) is 0 Å². The second-order valence-corrected chi connectivity index (χ2v) is 14.2. The number of halogens is 3. The molecule has 4 unspecified atom stereocenters.